The summed E-state index contributed by atoms with van der Waals surface area (Å²) in [5.41, 5.74) is 8.55. The Kier molecular flexibility index (Phi) is 4.53. The van der Waals surface area contributed by atoms with Gasteiger partial charge in [-0.1, -0.05) is 25.4 Å². The number of halogens is 1. The molecule has 1 aromatic carbocycles. The summed E-state index contributed by atoms with van der Waals surface area (Å²) in [6, 6.07) is 4.94. The number of aromatic nitrogens is 2. The van der Waals surface area contributed by atoms with Crippen LogP contribution in [0.5, 0.6) is 0 Å². The third kappa shape index (κ3) is 3.55. The molecule has 0 aliphatic rings. The molecule has 3 N–H and O–H groups in total. The molecule has 0 atom stereocenters. The molecule has 0 saturated heterocycles. The highest BCUT2D eigenvalue weighted by molar-refractivity contribution is 6.33. The van der Waals surface area contributed by atoms with E-state index in [0.29, 0.717) is 28.7 Å². The average molecular weight is 307 g/mol. The zero-order valence-electron chi connectivity index (χ0n) is 12.4. The summed E-state index contributed by atoms with van der Waals surface area (Å²) in [5, 5.41) is 8.25. The van der Waals surface area contributed by atoms with Crippen molar-refractivity contribution < 1.29 is 4.79 Å². The van der Waals surface area contributed by atoms with Crippen molar-refractivity contribution in [3.63, 3.8) is 0 Å². The van der Waals surface area contributed by atoms with Gasteiger partial charge in [-0.05, 0) is 24.1 Å². The van der Waals surface area contributed by atoms with Gasteiger partial charge in [-0.3, -0.25) is 9.48 Å². The number of carbonyl (C=O) groups excluding carboxylic acids is 1. The Morgan fingerprint density at radius 1 is 1.48 bits per heavy atom. The Bertz CT molecular complexity index is 664. The van der Waals surface area contributed by atoms with Gasteiger partial charge in [0.1, 0.15) is 0 Å². The lowest BCUT2D eigenvalue weighted by atomic mass is 10.1. The van der Waals surface area contributed by atoms with Crippen LogP contribution in [-0.2, 0) is 13.6 Å². The first-order chi connectivity index (χ1) is 9.88. The van der Waals surface area contributed by atoms with Crippen LogP contribution in [0, 0.1) is 0 Å². The number of hydrogen-bond donors (Lipinski definition) is 2. The van der Waals surface area contributed by atoms with Crippen LogP contribution in [0.15, 0.2) is 24.4 Å². The van der Waals surface area contributed by atoms with E-state index >= 15 is 0 Å². The SMILES string of the molecule is CC(C)c1nn(C)cc1CNc1cc(C(N)=O)ccc1Cl. The Labute approximate surface area is 129 Å². The number of amides is 1. The third-order valence-corrected chi connectivity index (χ3v) is 3.53. The van der Waals surface area contributed by atoms with Crippen molar-refractivity contribution in [3.8, 4) is 0 Å². The minimum Gasteiger partial charge on any atom is -0.380 e. The smallest absolute Gasteiger partial charge is 0.248 e. The van der Waals surface area contributed by atoms with Crippen LogP contribution in [0.3, 0.4) is 0 Å². The molecule has 1 amide bonds. The maximum Gasteiger partial charge on any atom is 0.248 e. The zero-order chi connectivity index (χ0) is 15.6. The number of carbonyl (C=O) groups is 1. The van der Waals surface area contributed by atoms with E-state index in [-0.39, 0.29) is 0 Å². The normalized spacial score (nSPS) is 10.9. The molecule has 0 spiro atoms. The number of primary amides is 1. The number of rotatable bonds is 5. The van der Waals surface area contributed by atoms with Gasteiger partial charge in [-0.25, -0.2) is 0 Å². The van der Waals surface area contributed by atoms with E-state index < -0.39 is 5.91 Å². The van der Waals surface area contributed by atoms with E-state index in [0.717, 1.165) is 11.3 Å². The van der Waals surface area contributed by atoms with Crippen LogP contribution in [0.1, 0.15) is 41.4 Å². The van der Waals surface area contributed by atoms with Crippen molar-refractivity contribution in [2.45, 2.75) is 26.3 Å². The highest BCUT2D eigenvalue weighted by Crippen LogP contribution is 2.25. The second kappa shape index (κ2) is 6.18. The largest absolute Gasteiger partial charge is 0.380 e. The van der Waals surface area contributed by atoms with Crippen molar-refractivity contribution >= 4 is 23.2 Å². The Balaban J connectivity index is 2.20. The fraction of sp³-hybridized carbons (Fsp3) is 0.333. The number of nitrogens with one attached hydrogen (secondary N) is 1. The fourth-order valence-electron chi connectivity index (χ4n) is 2.18. The average Bonchev–Trinajstić information content (AvgIpc) is 2.79. The lowest BCUT2D eigenvalue weighted by molar-refractivity contribution is 0.100. The molecule has 0 bridgehead atoms. The molecule has 2 aromatic rings. The summed E-state index contributed by atoms with van der Waals surface area (Å²) in [5.74, 6) is -0.130. The standard InChI is InChI=1S/C15H19ClN4O/c1-9(2)14-11(8-20(3)19-14)7-18-13-6-10(15(17)21)4-5-12(13)16/h4-6,8-9,18H,7H2,1-3H3,(H2,17,21). The molecular weight excluding hydrogens is 288 g/mol. The van der Waals surface area contributed by atoms with Gasteiger partial charge in [-0.15, -0.1) is 0 Å². The van der Waals surface area contributed by atoms with Crippen LogP contribution in [0.2, 0.25) is 5.02 Å². The molecule has 1 aromatic heterocycles. The number of aryl methyl sites for hydroxylation is 1. The maximum absolute atomic E-state index is 11.2. The second-order valence-corrected chi connectivity index (χ2v) is 5.69. The molecule has 2 rings (SSSR count). The summed E-state index contributed by atoms with van der Waals surface area (Å²) in [6.07, 6.45) is 1.98. The van der Waals surface area contributed by atoms with Crippen LogP contribution in [0.4, 0.5) is 5.69 Å². The molecule has 0 saturated carbocycles. The van der Waals surface area contributed by atoms with E-state index in [1.807, 2.05) is 13.2 Å². The van der Waals surface area contributed by atoms with Crippen LogP contribution in [0.25, 0.3) is 0 Å². The number of nitrogens with zero attached hydrogens (tertiary/aromatic N) is 2. The lowest BCUT2D eigenvalue weighted by Gasteiger charge is -2.10. The molecule has 0 unspecified atom stereocenters. The molecule has 0 radical (unpaired) electrons. The van der Waals surface area contributed by atoms with Gasteiger partial charge in [-0.2, -0.15) is 5.10 Å². The van der Waals surface area contributed by atoms with Crippen molar-refractivity contribution in [1.82, 2.24) is 9.78 Å². The number of benzene rings is 1. The molecule has 1 heterocycles. The topological polar surface area (TPSA) is 72.9 Å². The number of anilines is 1. The van der Waals surface area contributed by atoms with Crippen molar-refractivity contribution in [3.05, 3.63) is 46.2 Å². The molecule has 0 aliphatic carbocycles. The van der Waals surface area contributed by atoms with Gasteiger partial charge in [0.25, 0.3) is 0 Å². The lowest BCUT2D eigenvalue weighted by Crippen LogP contribution is -2.11. The van der Waals surface area contributed by atoms with Gasteiger partial charge < -0.3 is 11.1 Å². The van der Waals surface area contributed by atoms with E-state index in [4.69, 9.17) is 17.3 Å². The number of nitrogens with two attached hydrogens (primary N) is 1. The quantitative estimate of drug-likeness (QED) is 0.892. The van der Waals surface area contributed by atoms with Gasteiger partial charge >= 0.3 is 0 Å². The molecule has 6 heteroatoms. The van der Waals surface area contributed by atoms with Crippen molar-refractivity contribution in [1.29, 1.82) is 0 Å². The molecule has 21 heavy (non-hydrogen) atoms. The monoisotopic (exact) mass is 306 g/mol. The van der Waals surface area contributed by atoms with Crippen LogP contribution in [-0.4, -0.2) is 15.7 Å². The van der Waals surface area contributed by atoms with E-state index in [1.165, 1.54) is 0 Å². The van der Waals surface area contributed by atoms with E-state index in [1.54, 1.807) is 22.9 Å². The Morgan fingerprint density at radius 2 is 2.19 bits per heavy atom. The Morgan fingerprint density at radius 3 is 2.81 bits per heavy atom. The van der Waals surface area contributed by atoms with Crippen LogP contribution >= 0.6 is 11.6 Å². The fourth-order valence-corrected chi connectivity index (χ4v) is 2.37. The highest BCUT2D eigenvalue weighted by atomic mass is 35.5. The summed E-state index contributed by atoms with van der Waals surface area (Å²) >= 11 is 6.14. The predicted molar refractivity (Wildman–Crippen MR) is 84.6 cm³/mol. The molecular formula is C15H19ClN4O. The minimum atomic E-state index is -0.473. The predicted octanol–water partition coefficient (Wildman–Crippen LogP) is 2.91. The first kappa shape index (κ1) is 15.4. The minimum absolute atomic E-state index is 0.343. The highest BCUT2D eigenvalue weighted by Gasteiger charge is 2.12. The van der Waals surface area contributed by atoms with Crippen molar-refractivity contribution in [2.75, 3.05) is 5.32 Å². The summed E-state index contributed by atoms with van der Waals surface area (Å²) < 4.78 is 1.80. The molecule has 112 valence electrons. The third-order valence-electron chi connectivity index (χ3n) is 3.20. The molecule has 0 aliphatic heterocycles. The maximum atomic E-state index is 11.2. The first-order valence-electron chi connectivity index (χ1n) is 6.74. The van der Waals surface area contributed by atoms with E-state index in [2.05, 4.69) is 24.3 Å². The summed E-state index contributed by atoms with van der Waals surface area (Å²) in [7, 11) is 1.90. The number of hydrogen-bond acceptors (Lipinski definition) is 3. The second-order valence-electron chi connectivity index (χ2n) is 5.28. The van der Waals surface area contributed by atoms with Crippen molar-refractivity contribution in [2.24, 2.45) is 12.8 Å². The first-order valence-corrected chi connectivity index (χ1v) is 7.12. The van der Waals surface area contributed by atoms with Gasteiger partial charge in [0.15, 0.2) is 0 Å². The van der Waals surface area contributed by atoms with E-state index in [9.17, 15) is 4.79 Å². The van der Waals surface area contributed by atoms with Crippen LogP contribution < -0.4 is 11.1 Å². The van der Waals surface area contributed by atoms with Gasteiger partial charge in [0.2, 0.25) is 5.91 Å². The summed E-state index contributed by atoms with van der Waals surface area (Å²) in [4.78, 5) is 11.2. The van der Waals surface area contributed by atoms with Gasteiger partial charge in [0, 0.05) is 30.9 Å². The molecule has 0 fully saturated rings. The molecule has 5 nitrogen and oxygen atoms in total. The van der Waals surface area contributed by atoms with Gasteiger partial charge in [0.05, 0.1) is 16.4 Å². The zero-order valence-corrected chi connectivity index (χ0v) is 13.1. The summed E-state index contributed by atoms with van der Waals surface area (Å²) in [6.45, 7) is 4.79. The Hall–Kier alpha value is -2.01.